The maximum atomic E-state index is 11.1. The molecule has 1 saturated carbocycles. The summed E-state index contributed by atoms with van der Waals surface area (Å²) in [6.45, 7) is 1.95. The van der Waals surface area contributed by atoms with Gasteiger partial charge in [-0.25, -0.2) is 9.78 Å². The summed E-state index contributed by atoms with van der Waals surface area (Å²) < 4.78 is 9.50. The number of carbonyl (C=O) groups excluding carboxylic acids is 1. The molecular formula is C13H14N2O3. The Labute approximate surface area is 104 Å². The van der Waals surface area contributed by atoms with Crippen molar-refractivity contribution in [3.05, 3.63) is 23.5 Å². The van der Waals surface area contributed by atoms with Crippen LogP contribution in [0.5, 0.6) is 5.75 Å². The van der Waals surface area contributed by atoms with E-state index in [9.17, 15) is 4.79 Å². The van der Waals surface area contributed by atoms with Crippen molar-refractivity contribution in [3.63, 3.8) is 0 Å². The van der Waals surface area contributed by atoms with Crippen LogP contribution in [0.1, 0.15) is 30.1 Å². The number of nitrogens with one attached hydrogen (secondary N) is 1. The first-order valence-corrected chi connectivity index (χ1v) is 5.93. The maximum Gasteiger partial charge on any atom is 0.513 e. The first-order valence-electron chi connectivity index (χ1n) is 5.93. The third-order valence-electron chi connectivity index (χ3n) is 3.10. The second-order valence-corrected chi connectivity index (χ2v) is 4.59. The molecule has 2 aromatic rings. The summed E-state index contributed by atoms with van der Waals surface area (Å²) in [6.07, 6.45) is 1.69. The molecule has 1 aliphatic carbocycles. The fourth-order valence-corrected chi connectivity index (χ4v) is 2.02. The molecule has 0 aliphatic heterocycles. The van der Waals surface area contributed by atoms with Crippen LogP contribution in [0, 0.1) is 6.92 Å². The van der Waals surface area contributed by atoms with Crippen LogP contribution in [-0.4, -0.2) is 23.2 Å². The third kappa shape index (κ3) is 1.92. The summed E-state index contributed by atoms with van der Waals surface area (Å²) in [4.78, 5) is 19.0. The number of carbonyl (C=O) groups is 1. The zero-order valence-corrected chi connectivity index (χ0v) is 10.3. The molecule has 1 fully saturated rings. The first-order chi connectivity index (χ1) is 8.67. The molecule has 0 unspecified atom stereocenters. The van der Waals surface area contributed by atoms with Crippen LogP contribution >= 0.6 is 0 Å². The van der Waals surface area contributed by atoms with Gasteiger partial charge in [-0.05, 0) is 31.4 Å². The minimum Gasteiger partial charge on any atom is -0.437 e. The van der Waals surface area contributed by atoms with Crippen LogP contribution in [0.15, 0.2) is 12.1 Å². The van der Waals surface area contributed by atoms with Crippen LogP contribution in [0.25, 0.3) is 11.0 Å². The molecule has 5 nitrogen and oxygen atoms in total. The molecule has 0 amide bonds. The van der Waals surface area contributed by atoms with Crippen molar-refractivity contribution in [2.45, 2.75) is 25.7 Å². The average molecular weight is 246 g/mol. The average Bonchev–Trinajstić information content (AvgIpc) is 3.10. The van der Waals surface area contributed by atoms with Gasteiger partial charge < -0.3 is 14.5 Å². The highest BCUT2D eigenvalue weighted by Gasteiger charge is 2.27. The minimum atomic E-state index is -0.712. The molecule has 0 bridgehead atoms. The van der Waals surface area contributed by atoms with Crippen molar-refractivity contribution < 1.29 is 14.3 Å². The van der Waals surface area contributed by atoms with Gasteiger partial charge in [-0.15, -0.1) is 0 Å². The Morgan fingerprint density at radius 2 is 2.22 bits per heavy atom. The van der Waals surface area contributed by atoms with Crippen molar-refractivity contribution >= 4 is 17.2 Å². The molecule has 3 rings (SSSR count). The summed E-state index contributed by atoms with van der Waals surface area (Å²) in [7, 11) is 1.29. The Bertz CT molecular complexity index is 614. The number of benzene rings is 1. The van der Waals surface area contributed by atoms with Gasteiger partial charge in [0.15, 0.2) is 0 Å². The lowest BCUT2D eigenvalue weighted by Gasteiger charge is -2.03. The van der Waals surface area contributed by atoms with Crippen molar-refractivity contribution in [2.24, 2.45) is 0 Å². The number of rotatable bonds is 2. The zero-order valence-electron chi connectivity index (χ0n) is 10.3. The molecule has 18 heavy (non-hydrogen) atoms. The molecular weight excluding hydrogens is 232 g/mol. The minimum absolute atomic E-state index is 0.470. The van der Waals surface area contributed by atoms with Crippen LogP contribution in [0.2, 0.25) is 0 Å². The van der Waals surface area contributed by atoms with Gasteiger partial charge in [0.25, 0.3) is 0 Å². The number of nitrogens with zero attached hydrogens (tertiary/aromatic N) is 1. The van der Waals surface area contributed by atoms with E-state index in [1.54, 1.807) is 12.1 Å². The van der Waals surface area contributed by atoms with E-state index in [2.05, 4.69) is 14.7 Å². The van der Waals surface area contributed by atoms with Gasteiger partial charge in [0.05, 0.1) is 18.1 Å². The highest BCUT2D eigenvalue weighted by Crippen LogP contribution is 2.39. The number of aromatic amines is 1. The van der Waals surface area contributed by atoms with Gasteiger partial charge >= 0.3 is 6.16 Å². The SMILES string of the molecule is COC(=O)Oc1cc(C)c2nc(C3CC3)[nH]c2c1. The zero-order chi connectivity index (χ0) is 12.7. The van der Waals surface area contributed by atoms with Crippen LogP contribution in [0.4, 0.5) is 4.79 Å². The number of imidazole rings is 1. The lowest BCUT2D eigenvalue weighted by Crippen LogP contribution is -2.07. The van der Waals surface area contributed by atoms with Crippen molar-refractivity contribution in [3.8, 4) is 5.75 Å². The largest absolute Gasteiger partial charge is 0.513 e. The summed E-state index contributed by atoms with van der Waals surface area (Å²) in [5.74, 6) is 2.07. The molecule has 1 aromatic carbocycles. The van der Waals surface area contributed by atoms with Crippen LogP contribution in [-0.2, 0) is 4.74 Å². The van der Waals surface area contributed by atoms with E-state index in [0.29, 0.717) is 11.7 Å². The number of aromatic nitrogens is 2. The second-order valence-electron chi connectivity index (χ2n) is 4.59. The lowest BCUT2D eigenvalue weighted by molar-refractivity contribution is 0.121. The number of H-pyrrole nitrogens is 1. The molecule has 0 atom stereocenters. The molecule has 1 heterocycles. The van der Waals surface area contributed by atoms with Crippen molar-refractivity contribution in [1.82, 2.24) is 9.97 Å². The number of fused-ring (bicyclic) bond motifs is 1. The lowest BCUT2D eigenvalue weighted by atomic mass is 10.2. The fourth-order valence-electron chi connectivity index (χ4n) is 2.02. The highest BCUT2D eigenvalue weighted by molar-refractivity contribution is 5.81. The van der Waals surface area contributed by atoms with Gasteiger partial charge in [0.1, 0.15) is 11.6 Å². The topological polar surface area (TPSA) is 64.2 Å². The quantitative estimate of drug-likeness (QED) is 0.653. The Kier molecular flexibility index (Phi) is 2.47. The molecule has 1 N–H and O–H groups in total. The van der Waals surface area contributed by atoms with Gasteiger partial charge in [-0.2, -0.15) is 0 Å². The molecule has 0 radical (unpaired) electrons. The molecule has 0 spiro atoms. The van der Waals surface area contributed by atoms with Crippen LogP contribution in [0.3, 0.4) is 0 Å². The van der Waals surface area contributed by atoms with Crippen molar-refractivity contribution in [1.29, 1.82) is 0 Å². The molecule has 1 aliphatic rings. The predicted molar refractivity (Wildman–Crippen MR) is 65.8 cm³/mol. The number of methoxy groups -OCH3 is 1. The standard InChI is InChI=1S/C13H14N2O3/c1-7-5-9(18-13(16)17-2)6-10-11(7)15-12(14-10)8-3-4-8/h5-6,8H,3-4H2,1-2H3,(H,14,15). The molecule has 5 heteroatoms. The smallest absolute Gasteiger partial charge is 0.437 e. The van der Waals surface area contributed by atoms with Gasteiger partial charge in [0.2, 0.25) is 0 Å². The van der Waals surface area contributed by atoms with Crippen LogP contribution < -0.4 is 4.74 Å². The number of ether oxygens (including phenoxy) is 2. The van der Waals surface area contributed by atoms with E-state index in [-0.39, 0.29) is 0 Å². The third-order valence-corrected chi connectivity index (χ3v) is 3.10. The van der Waals surface area contributed by atoms with Gasteiger partial charge in [-0.1, -0.05) is 0 Å². The van der Waals surface area contributed by atoms with E-state index in [1.807, 2.05) is 6.92 Å². The van der Waals surface area contributed by atoms with E-state index in [0.717, 1.165) is 22.4 Å². The van der Waals surface area contributed by atoms with E-state index < -0.39 is 6.16 Å². The highest BCUT2D eigenvalue weighted by atomic mass is 16.7. The number of hydrogen-bond donors (Lipinski definition) is 1. The number of aryl methyl sites for hydroxylation is 1. The summed E-state index contributed by atoms with van der Waals surface area (Å²) >= 11 is 0. The number of hydrogen-bond acceptors (Lipinski definition) is 4. The van der Waals surface area contributed by atoms with Gasteiger partial charge in [0, 0.05) is 12.0 Å². The van der Waals surface area contributed by atoms with E-state index in [1.165, 1.54) is 20.0 Å². The summed E-state index contributed by atoms with van der Waals surface area (Å²) in [6, 6.07) is 3.56. The molecule has 1 aromatic heterocycles. The summed E-state index contributed by atoms with van der Waals surface area (Å²) in [5, 5.41) is 0. The Morgan fingerprint density at radius 3 is 2.89 bits per heavy atom. The summed E-state index contributed by atoms with van der Waals surface area (Å²) in [5.41, 5.74) is 2.82. The second kappa shape index (κ2) is 4.01. The van der Waals surface area contributed by atoms with E-state index >= 15 is 0 Å². The Hall–Kier alpha value is -2.04. The Balaban J connectivity index is 2.00. The fraction of sp³-hybridized carbons (Fsp3) is 0.385. The van der Waals surface area contributed by atoms with Gasteiger partial charge in [-0.3, -0.25) is 0 Å². The predicted octanol–water partition coefficient (Wildman–Crippen LogP) is 2.89. The Morgan fingerprint density at radius 1 is 1.44 bits per heavy atom. The first kappa shape index (κ1) is 11.1. The normalized spacial score (nSPS) is 14.8. The monoisotopic (exact) mass is 246 g/mol. The van der Waals surface area contributed by atoms with Crippen molar-refractivity contribution in [2.75, 3.05) is 7.11 Å². The molecule has 94 valence electrons. The van der Waals surface area contributed by atoms with E-state index in [4.69, 9.17) is 4.74 Å². The molecule has 0 saturated heterocycles. The maximum absolute atomic E-state index is 11.1.